The summed E-state index contributed by atoms with van der Waals surface area (Å²) in [5.41, 5.74) is 1.33. The molecule has 1 amide bonds. The third-order valence-electron chi connectivity index (χ3n) is 2.77. The number of anilines is 1. The molecule has 19 heavy (non-hydrogen) atoms. The minimum absolute atomic E-state index is 0.0588. The third-order valence-corrected chi connectivity index (χ3v) is 2.77. The van der Waals surface area contributed by atoms with E-state index in [1.807, 2.05) is 20.8 Å². The molecule has 0 radical (unpaired) electrons. The zero-order valence-electron chi connectivity index (χ0n) is 11.7. The normalized spacial score (nSPS) is 10.1. The topological polar surface area (TPSA) is 69.0 Å². The van der Waals surface area contributed by atoms with Crippen LogP contribution in [0.1, 0.15) is 37.6 Å². The number of carbonyl (C=O) groups is 1. The SMILES string of the molecule is CCNc1cnccc1C(=O)N(CCC#N)C(C)C. The Balaban J connectivity index is 2.99. The molecular formula is C14H20N4O. The molecule has 0 atom stereocenters. The average Bonchev–Trinajstić information content (AvgIpc) is 2.39. The molecule has 102 valence electrons. The van der Waals surface area contributed by atoms with Crippen molar-refractivity contribution < 1.29 is 4.79 Å². The number of nitriles is 1. The predicted octanol–water partition coefficient (Wildman–Crippen LogP) is 2.28. The van der Waals surface area contributed by atoms with Gasteiger partial charge in [0.25, 0.3) is 5.91 Å². The van der Waals surface area contributed by atoms with E-state index >= 15 is 0 Å². The molecule has 1 aromatic rings. The summed E-state index contributed by atoms with van der Waals surface area (Å²) in [6.45, 7) is 7.04. The molecule has 0 bridgehead atoms. The first-order chi connectivity index (χ1) is 9.11. The summed E-state index contributed by atoms with van der Waals surface area (Å²) in [6.07, 6.45) is 3.60. The summed E-state index contributed by atoms with van der Waals surface area (Å²) in [6, 6.07) is 3.85. The lowest BCUT2D eigenvalue weighted by Crippen LogP contribution is -2.38. The molecule has 0 aliphatic rings. The number of amides is 1. The monoisotopic (exact) mass is 260 g/mol. The van der Waals surface area contributed by atoms with E-state index in [1.54, 1.807) is 23.4 Å². The van der Waals surface area contributed by atoms with Crippen molar-refractivity contribution in [3.05, 3.63) is 24.0 Å². The molecule has 0 spiro atoms. The van der Waals surface area contributed by atoms with Gasteiger partial charge in [-0.3, -0.25) is 9.78 Å². The van der Waals surface area contributed by atoms with E-state index in [-0.39, 0.29) is 11.9 Å². The molecule has 1 rings (SSSR count). The molecule has 1 heterocycles. The molecule has 5 heteroatoms. The molecule has 1 N–H and O–H groups in total. The van der Waals surface area contributed by atoms with Crippen LogP contribution in [0.2, 0.25) is 0 Å². The van der Waals surface area contributed by atoms with Crippen LogP contribution in [-0.2, 0) is 0 Å². The summed E-state index contributed by atoms with van der Waals surface area (Å²) >= 11 is 0. The van der Waals surface area contributed by atoms with Crippen molar-refractivity contribution in [1.82, 2.24) is 9.88 Å². The van der Waals surface area contributed by atoms with Crippen molar-refractivity contribution in [2.24, 2.45) is 0 Å². The van der Waals surface area contributed by atoms with E-state index in [0.717, 1.165) is 12.2 Å². The molecule has 0 aromatic carbocycles. The molecule has 0 aliphatic carbocycles. The number of rotatable bonds is 6. The van der Waals surface area contributed by atoms with Crippen molar-refractivity contribution in [3.63, 3.8) is 0 Å². The Labute approximate surface area is 114 Å². The molecular weight excluding hydrogens is 240 g/mol. The first kappa shape index (κ1) is 15.0. The van der Waals surface area contributed by atoms with Gasteiger partial charge in [0, 0.05) is 25.3 Å². The quantitative estimate of drug-likeness (QED) is 0.852. The van der Waals surface area contributed by atoms with Gasteiger partial charge in [0.05, 0.1) is 29.9 Å². The van der Waals surface area contributed by atoms with Crippen LogP contribution in [0.15, 0.2) is 18.5 Å². The maximum absolute atomic E-state index is 12.5. The lowest BCUT2D eigenvalue weighted by molar-refractivity contribution is 0.0711. The third kappa shape index (κ3) is 3.95. The van der Waals surface area contributed by atoms with Crippen LogP contribution in [-0.4, -0.2) is 34.9 Å². The zero-order chi connectivity index (χ0) is 14.3. The summed E-state index contributed by atoms with van der Waals surface area (Å²) in [7, 11) is 0. The second-order valence-electron chi connectivity index (χ2n) is 4.45. The lowest BCUT2D eigenvalue weighted by atomic mass is 10.1. The number of hydrogen-bond donors (Lipinski definition) is 1. The van der Waals surface area contributed by atoms with Crippen LogP contribution in [0.4, 0.5) is 5.69 Å². The molecule has 5 nitrogen and oxygen atoms in total. The summed E-state index contributed by atoms with van der Waals surface area (Å²) in [5.74, 6) is -0.0661. The van der Waals surface area contributed by atoms with Gasteiger partial charge in [0.1, 0.15) is 0 Å². The highest BCUT2D eigenvalue weighted by molar-refractivity contribution is 5.99. The van der Waals surface area contributed by atoms with E-state index in [2.05, 4.69) is 16.4 Å². The van der Waals surface area contributed by atoms with Crippen LogP contribution < -0.4 is 5.32 Å². The Kier molecular flexibility index (Phi) is 5.80. The Bertz CT molecular complexity index is 465. The average molecular weight is 260 g/mol. The van der Waals surface area contributed by atoms with Crippen molar-refractivity contribution >= 4 is 11.6 Å². The van der Waals surface area contributed by atoms with Crippen LogP contribution in [0.3, 0.4) is 0 Å². The number of aromatic nitrogens is 1. The van der Waals surface area contributed by atoms with Gasteiger partial charge in [-0.1, -0.05) is 0 Å². The fourth-order valence-corrected chi connectivity index (χ4v) is 1.83. The fourth-order valence-electron chi connectivity index (χ4n) is 1.83. The Morgan fingerprint density at radius 1 is 1.58 bits per heavy atom. The summed E-state index contributed by atoms with van der Waals surface area (Å²) in [5, 5.41) is 11.8. The summed E-state index contributed by atoms with van der Waals surface area (Å²) < 4.78 is 0. The molecule has 1 aromatic heterocycles. The van der Waals surface area contributed by atoms with Gasteiger partial charge in [0.2, 0.25) is 0 Å². The van der Waals surface area contributed by atoms with Gasteiger partial charge in [0.15, 0.2) is 0 Å². The maximum Gasteiger partial charge on any atom is 0.256 e. The number of carbonyl (C=O) groups excluding carboxylic acids is 1. The highest BCUT2D eigenvalue weighted by Crippen LogP contribution is 2.17. The number of hydrogen-bond acceptors (Lipinski definition) is 4. The number of nitrogens with one attached hydrogen (secondary N) is 1. The van der Waals surface area contributed by atoms with Crippen LogP contribution in [0.25, 0.3) is 0 Å². The van der Waals surface area contributed by atoms with E-state index in [1.165, 1.54) is 0 Å². The first-order valence-electron chi connectivity index (χ1n) is 6.47. The van der Waals surface area contributed by atoms with Crippen molar-refractivity contribution in [2.45, 2.75) is 33.2 Å². The maximum atomic E-state index is 12.5. The molecule has 0 unspecified atom stereocenters. The Morgan fingerprint density at radius 2 is 2.32 bits per heavy atom. The summed E-state index contributed by atoms with van der Waals surface area (Å²) in [4.78, 5) is 18.3. The van der Waals surface area contributed by atoms with E-state index < -0.39 is 0 Å². The minimum Gasteiger partial charge on any atom is -0.383 e. The molecule has 0 fully saturated rings. The molecule has 0 saturated carbocycles. The molecule has 0 aliphatic heterocycles. The number of nitrogens with zero attached hydrogens (tertiary/aromatic N) is 3. The second kappa shape index (κ2) is 7.37. The second-order valence-corrected chi connectivity index (χ2v) is 4.45. The van der Waals surface area contributed by atoms with E-state index in [0.29, 0.717) is 18.5 Å². The zero-order valence-corrected chi connectivity index (χ0v) is 11.7. The van der Waals surface area contributed by atoms with Gasteiger partial charge in [-0.15, -0.1) is 0 Å². The first-order valence-corrected chi connectivity index (χ1v) is 6.47. The van der Waals surface area contributed by atoms with Crippen molar-refractivity contribution in [2.75, 3.05) is 18.4 Å². The standard InChI is InChI=1S/C14H20N4O/c1-4-17-13-10-16-8-6-12(13)14(19)18(11(2)3)9-5-7-15/h6,8,10-11,17H,4-5,9H2,1-3H3. The largest absolute Gasteiger partial charge is 0.383 e. The van der Waals surface area contributed by atoms with E-state index in [4.69, 9.17) is 5.26 Å². The highest BCUT2D eigenvalue weighted by atomic mass is 16.2. The van der Waals surface area contributed by atoms with Crippen LogP contribution in [0.5, 0.6) is 0 Å². The smallest absolute Gasteiger partial charge is 0.256 e. The van der Waals surface area contributed by atoms with Gasteiger partial charge >= 0.3 is 0 Å². The Morgan fingerprint density at radius 3 is 2.89 bits per heavy atom. The van der Waals surface area contributed by atoms with Crippen molar-refractivity contribution in [3.8, 4) is 6.07 Å². The van der Waals surface area contributed by atoms with Gasteiger partial charge < -0.3 is 10.2 Å². The van der Waals surface area contributed by atoms with Gasteiger partial charge in [-0.2, -0.15) is 5.26 Å². The van der Waals surface area contributed by atoms with Crippen LogP contribution in [0, 0.1) is 11.3 Å². The lowest BCUT2D eigenvalue weighted by Gasteiger charge is -2.26. The highest BCUT2D eigenvalue weighted by Gasteiger charge is 2.20. The van der Waals surface area contributed by atoms with E-state index in [9.17, 15) is 4.79 Å². The van der Waals surface area contributed by atoms with Gasteiger partial charge in [-0.25, -0.2) is 0 Å². The minimum atomic E-state index is -0.0661. The van der Waals surface area contributed by atoms with Crippen molar-refractivity contribution in [1.29, 1.82) is 5.26 Å². The predicted molar refractivity (Wildman–Crippen MR) is 74.8 cm³/mol. The molecule has 0 saturated heterocycles. The van der Waals surface area contributed by atoms with Gasteiger partial charge in [-0.05, 0) is 26.8 Å². The Hall–Kier alpha value is -2.09. The van der Waals surface area contributed by atoms with Crippen LogP contribution >= 0.6 is 0 Å². The fraction of sp³-hybridized carbons (Fsp3) is 0.500. The number of pyridine rings is 1.